The highest BCUT2D eigenvalue weighted by atomic mass is 19.1. The van der Waals surface area contributed by atoms with E-state index < -0.39 is 11.9 Å². The standard InChI is InChI=1S/C20H21FN2O3/c1-14(16-9-10-18(26-2)17(21)12-16)23-20(25)13-22-19(24)11-8-15-6-4-3-5-7-15/h3-12,14H,13H2,1-2H3,(H,22,24)(H,23,25)/b11-8+/t14-/m1/s1. The van der Waals surface area contributed by atoms with Crippen LogP contribution in [0.3, 0.4) is 0 Å². The first-order valence-electron chi connectivity index (χ1n) is 8.13. The summed E-state index contributed by atoms with van der Waals surface area (Å²) in [5, 5.41) is 5.21. The Morgan fingerprint density at radius 1 is 1.19 bits per heavy atom. The molecule has 2 aromatic rings. The lowest BCUT2D eigenvalue weighted by atomic mass is 10.1. The maximum atomic E-state index is 13.7. The van der Waals surface area contributed by atoms with Gasteiger partial charge in [-0.1, -0.05) is 36.4 Å². The van der Waals surface area contributed by atoms with Gasteiger partial charge in [-0.15, -0.1) is 0 Å². The average molecular weight is 356 g/mol. The minimum atomic E-state index is -0.495. The molecule has 0 heterocycles. The molecule has 26 heavy (non-hydrogen) atoms. The molecule has 0 bridgehead atoms. The van der Waals surface area contributed by atoms with E-state index in [1.807, 2.05) is 30.3 Å². The molecule has 0 saturated heterocycles. The SMILES string of the molecule is COc1ccc([C@@H](C)NC(=O)CNC(=O)/C=C/c2ccccc2)cc1F. The number of rotatable bonds is 7. The number of halogens is 1. The smallest absolute Gasteiger partial charge is 0.244 e. The summed E-state index contributed by atoms with van der Waals surface area (Å²) < 4.78 is 18.6. The van der Waals surface area contributed by atoms with Crippen LogP contribution in [0.2, 0.25) is 0 Å². The highest BCUT2D eigenvalue weighted by Gasteiger charge is 2.12. The van der Waals surface area contributed by atoms with Gasteiger partial charge in [0, 0.05) is 6.08 Å². The predicted octanol–water partition coefficient (Wildman–Crippen LogP) is 2.84. The van der Waals surface area contributed by atoms with Gasteiger partial charge in [0.15, 0.2) is 11.6 Å². The molecule has 2 amide bonds. The zero-order valence-electron chi connectivity index (χ0n) is 14.7. The van der Waals surface area contributed by atoms with E-state index in [-0.39, 0.29) is 24.1 Å². The van der Waals surface area contributed by atoms with Gasteiger partial charge in [0.05, 0.1) is 19.7 Å². The van der Waals surface area contributed by atoms with E-state index in [4.69, 9.17) is 4.74 Å². The summed E-state index contributed by atoms with van der Waals surface area (Å²) in [6.45, 7) is 1.57. The van der Waals surface area contributed by atoms with Crippen molar-refractivity contribution in [2.45, 2.75) is 13.0 Å². The molecule has 0 aliphatic carbocycles. The minimum absolute atomic E-state index is 0.143. The number of hydrogen-bond donors (Lipinski definition) is 2. The summed E-state index contributed by atoms with van der Waals surface area (Å²) in [6, 6.07) is 13.4. The molecule has 0 radical (unpaired) electrons. The van der Waals surface area contributed by atoms with Crippen molar-refractivity contribution in [2.24, 2.45) is 0 Å². The van der Waals surface area contributed by atoms with Crippen LogP contribution in [0.1, 0.15) is 24.1 Å². The van der Waals surface area contributed by atoms with Gasteiger partial charge in [0.1, 0.15) is 0 Å². The van der Waals surface area contributed by atoms with Crippen LogP contribution in [0.5, 0.6) is 5.75 Å². The van der Waals surface area contributed by atoms with Crippen molar-refractivity contribution in [1.29, 1.82) is 0 Å². The summed E-state index contributed by atoms with van der Waals surface area (Å²) in [5.74, 6) is -1.09. The predicted molar refractivity (Wildman–Crippen MR) is 98.0 cm³/mol. The van der Waals surface area contributed by atoms with E-state index in [0.717, 1.165) is 5.56 Å². The number of methoxy groups -OCH3 is 1. The summed E-state index contributed by atoms with van der Waals surface area (Å²) in [6.07, 6.45) is 3.03. The first-order chi connectivity index (χ1) is 12.5. The van der Waals surface area contributed by atoms with Gasteiger partial charge >= 0.3 is 0 Å². The Hall–Kier alpha value is -3.15. The maximum absolute atomic E-state index is 13.7. The Labute approximate surface area is 151 Å². The largest absolute Gasteiger partial charge is 0.494 e. The summed E-state index contributed by atoms with van der Waals surface area (Å²) in [4.78, 5) is 23.7. The molecule has 0 saturated carbocycles. The topological polar surface area (TPSA) is 67.4 Å². The third kappa shape index (κ3) is 5.73. The van der Waals surface area contributed by atoms with E-state index in [2.05, 4.69) is 10.6 Å². The molecule has 2 aromatic carbocycles. The maximum Gasteiger partial charge on any atom is 0.244 e. The second kappa shape index (κ2) is 9.36. The number of carbonyl (C=O) groups is 2. The number of ether oxygens (including phenoxy) is 1. The third-order valence-electron chi connectivity index (χ3n) is 3.70. The molecular formula is C20H21FN2O3. The van der Waals surface area contributed by atoms with E-state index in [9.17, 15) is 14.0 Å². The Morgan fingerprint density at radius 3 is 2.58 bits per heavy atom. The van der Waals surface area contributed by atoms with Crippen molar-refractivity contribution in [3.63, 3.8) is 0 Å². The number of benzene rings is 2. The number of carbonyl (C=O) groups excluding carboxylic acids is 2. The van der Waals surface area contributed by atoms with E-state index in [1.54, 1.807) is 19.1 Å². The molecule has 5 nitrogen and oxygen atoms in total. The second-order valence-electron chi connectivity index (χ2n) is 5.65. The monoisotopic (exact) mass is 356 g/mol. The molecule has 0 aromatic heterocycles. The van der Waals surface area contributed by atoms with Gasteiger partial charge in [-0.05, 0) is 36.3 Å². The van der Waals surface area contributed by atoms with Gasteiger partial charge in [-0.3, -0.25) is 9.59 Å². The number of nitrogens with one attached hydrogen (secondary N) is 2. The van der Waals surface area contributed by atoms with Crippen molar-refractivity contribution in [2.75, 3.05) is 13.7 Å². The molecule has 0 aliphatic rings. The van der Waals surface area contributed by atoms with Gasteiger partial charge in [-0.2, -0.15) is 0 Å². The molecule has 2 rings (SSSR count). The summed E-state index contributed by atoms with van der Waals surface area (Å²) >= 11 is 0. The van der Waals surface area contributed by atoms with Crippen LogP contribution in [-0.4, -0.2) is 25.5 Å². The molecule has 0 spiro atoms. The molecule has 0 aliphatic heterocycles. The number of amides is 2. The van der Waals surface area contributed by atoms with Crippen molar-refractivity contribution >= 4 is 17.9 Å². The minimum Gasteiger partial charge on any atom is -0.494 e. The lowest BCUT2D eigenvalue weighted by molar-refractivity contribution is -0.124. The fourth-order valence-electron chi connectivity index (χ4n) is 2.29. The highest BCUT2D eigenvalue weighted by Crippen LogP contribution is 2.21. The van der Waals surface area contributed by atoms with Crippen LogP contribution in [-0.2, 0) is 9.59 Å². The first kappa shape index (κ1) is 19.2. The lowest BCUT2D eigenvalue weighted by Crippen LogP contribution is -2.37. The van der Waals surface area contributed by atoms with Crippen LogP contribution in [0, 0.1) is 5.82 Å². The zero-order valence-corrected chi connectivity index (χ0v) is 14.7. The van der Waals surface area contributed by atoms with Gasteiger partial charge in [0.2, 0.25) is 11.8 Å². The van der Waals surface area contributed by atoms with Crippen molar-refractivity contribution in [3.8, 4) is 5.75 Å². The fourth-order valence-corrected chi connectivity index (χ4v) is 2.29. The Morgan fingerprint density at radius 2 is 1.92 bits per heavy atom. The molecular weight excluding hydrogens is 335 g/mol. The zero-order chi connectivity index (χ0) is 18.9. The van der Waals surface area contributed by atoms with Crippen LogP contribution < -0.4 is 15.4 Å². The van der Waals surface area contributed by atoms with Gasteiger partial charge in [-0.25, -0.2) is 4.39 Å². The number of hydrogen-bond acceptors (Lipinski definition) is 3. The Kier molecular flexibility index (Phi) is 6.91. The van der Waals surface area contributed by atoms with E-state index >= 15 is 0 Å². The molecule has 2 N–H and O–H groups in total. The van der Waals surface area contributed by atoms with Crippen LogP contribution >= 0.6 is 0 Å². The van der Waals surface area contributed by atoms with E-state index in [1.165, 1.54) is 25.3 Å². The lowest BCUT2D eigenvalue weighted by Gasteiger charge is -2.15. The van der Waals surface area contributed by atoms with Gasteiger partial charge < -0.3 is 15.4 Å². The van der Waals surface area contributed by atoms with Crippen LogP contribution in [0.25, 0.3) is 6.08 Å². The second-order valence-corrected chi connectivity index (χ2v) is 5.65. The normalized spacial score (nSPS) is 11.8. The average Bonchev–Trinajstić information content (AvgIpc) is 2.65. The first-order valence-corrected chi connectivity index (χ1v) is 8.13. The quantitative estimate of drug-likeness (QED) is 0.750. The van der Waals surface area contributed by atoms with Gasteiger partial charge in [0.25, 0.3) is 0 Å². The molecule has 0 fully saturated rings. The van der Waals surface area contributed by atoms with Crippen molar-refractivity contribution in [1.82, 2.24) is 10.6 Å². The summed E-state index contributed by atoms with van der Waals surface area (Å²) in [7, 11) is 1.39. The Bertz CT molecular complexity index is 791. The van der Waals surface area contributed by atoms with Crippen molar-refractivity contribution < 1.29 is 18.7 Å². The highest BCUT2D eigenvalue weighted by molar-refractivity contribution is 5.94. The fraction of sp³-hybridized carbons (Fsp3) is 0.200. The molecule has 6 heteroatoms. The third-order valence-corrected chi connectivity index (χ3v) is 3.70. The molecule has 136 valence electrons. The van der Waals surface area contributed by atoms with E-state index in [0.29, 0.717) is 5.56 Å². The molecule has 0 unspecified atom stereocenters. The van der Waals surface area contributed by atoms with Crippen LogP contribution in [0.4, 0.5) is 4.39 Å². The molecule has 1 atom stereocenters. The van der Waals surface area contributed by atoms with Crippen molar-refractivity contribution in [3.05, 3.63) is 71.6 Å². The summed E-state index contributed by atoms with van der Waals surface area (Å²) in [5.41, 5.74) is 1.49. The Balaban J connectivity index is 1.81. The van der Waals surface area contributed by atoms with Crippen LogP contribution in [0.15, 0.2) is 54.6 Å².